The number of piperidine rings is 1. The second-order valence-electron chi connectivity index (χ2n) is 6.13. The molecular weight excluding hydrogens is 408 g/mol. The highest BCUT2D eigenvalue weighted by atomic mass is 127. The normalized spacial score (nSPS) is 25.0. The summed E-state index contributed by atoms with van der Waals surface area (Å²) in [4.78, 5) is 6.76. The van der Waals surface area contributed by atoms with E-state index < -0.39 is 0 Å². The Hall–Kier alpha value is -0.890. The Labute approximate surface area is 154 Å². The van der Waals surface area contributed by atoms with Crippen molar-refractivity contribution in [1.82, 2.24) is 10.2 Å². The van der Waals surface area contributed by atoms with Gasteiger partial charge in [-0.3, -0.25) is 4.99 Å². The average molecular weight is 433 g/mol. The molecule has 1 aliphatic carbocycles. The summed E-state index contributed by atoms with van der Waals surface area (Å²) in [7, 11) is 0. The molecule has 1 saturated heterocycles. The maximum atomic E-state index is 13.8. The lowest BCUT2D eigenvalue weighted by atomic mass is 10.1. The molecule has 0 bridgehead atoms. The maximum Gasteiger partial charge on any atom is 0.194 e. The van der Waals surface area contributed by atoms with E-state index in [1.54, 1.807) is 6.07 Å². The van der Waals surface area contributed by atoms with Crippen LogP contribution in [0.3, 0.4) is 0 Å². The molecule has 1 saturated carbocycles. The van der Waals surface area contributed by atoms with Crippen molar-refractivity contribution in [2.45, 2.75) is 44.2 Å². The minimum Gasteiger partial charge on any atom is -0.393 e. The molecule has 2 N–H and O–H groups in total. The van der Waals surface area contributed by atoms with Gasteiger partial charge in [-0.2, -0.15) is 0 Å². The Kier molecular flexibility index (Phi) is 6.64. The predicted molar refractivity (Wildman–Crippen MR) is 101 cm³/mol. The van der Waals surface area contributed by atoms with Crippen molar-refractivity contribution in [3.63, 3.8) is 0 Å². The van der Waals surface area contributed by atoms with Gasteiger partial charge in [0.15, 0.2) is 5.96 Å². The second kappa shape index (κ2) is 8.28. The molecule has 23 heavy (non-hydrogen) atoms. The monoisotopic (exact) mass is 433 g/mol. The van der Waals surface area contributed by atoms with Gasteiger partial charge >= 0.3 is 0 Å². The summed E-state index contributed by atoms with van der Waals surface area (Å²) in [6, 6.07) is 7.27. The third-order valence-electron chi connectivity index (χ3n) is 4.48. The average Bonchev–Trinajstić information content (AvgIpc) is 3.27. The number of halogens is 2. The van der Waals surface area contributed by atoms with E-state index in [0.29, 0.717) is 0 Å². The fraction of sp³-hybridized carbons (Fsp3) is 0.588. The van der Waals surface area contributed by atoms with E-state index in [0.717, 1.165) is 50.4 Å². The number of nitrogens with one attached hydrogen (secondary N) is 1. The molecule has 0 spiro atoms. The highest BCUT2D eigenvalue weighted by Gasteiger charge is 2.41. The number of guanidine groups is 1. The van der Waals surface area contributed by atoms with Gasteiger partial charge in [0.2, 0.25) is 0 Å². The number of likely N-dealkylation sites (tertiary alicyclic amines) is 1. The molecule has 1 aliphatic heterocycles. The van der Waals surface area contributed by atoms with E-state index in [4.69, 9.17) is 0 Å². The minimum atomic E-state index is -0.189. The van der Waals surface area contributed by atoms with Gasteiger partial charge in [0.05, 0.1) is 6.10 Å². The first-order valence-corrected chi connectivity index (χ1v) is 8.17. The molecule has 3 rings (SSSR count). The zero-order valence-corrected chi connectivity index (χ0v) is 15.7. The molecule has 1 aromatic rings. The zero-order valence-electron chi connectivity index (χ0n) is 13.4. The molecule has 4 nitrogen and oxygen atoms in total. The van der Waals surface area contributed by atoms with Crippen LogP contribution in [0.1, 0.15) is 37.7 Å². The van der Waals surface area contributed by atoms with Gasteiger partial charge in [0.1, 0.15) is 5.82 Å². The number of nitrogens with zero attached hydrogens (tertiary/aromatic N) is 2. The van der Waals surface area contributed by atoms with Crippen molar-refractivity contribution < 1.29 is 9.50 Å². The van der Waals surface area contributed by atoms with E-state index in [1.807, 2.05) is 19.1 Å². The Bertz CT molecular complexity index is 546. The topological polar surface area (TPSA) is 47.9 Å². The van der Waals surface area contributed by atoms with E-state index in [9.17, 15) is 9.50 Å². The van der Waals surface area contributed by atoms with Crippen molar-refractivity contribution >= 4 is 29.9 Å². The first-order chi connectivity index (χ1) is 10.7. The zero-order chi connectivity index (χ0) is 15.5. The van der Waals surface area contributed by atoms with Gasteiger partial charge in [-0.25, -0.2) is 4.39 Å². The maximum absolute atomic E-state index is 13.8. The molecule has 1 aromatic carbocycles. The lowest BCUT2D eigenvalue weighted by Gasteiger charge is -2.32. The Balaban J connectivity index is 0.00000192. The summed E-state index contributed by atoms with van der Waals surface area (Å²) in [6.07, 6.45) is 2.32. The van der Waals surface area contributed by atoms with Gasteiger partial charge in [-0.15, -0.1) is 24.0 Å². The lowest BCUT2D eigenvalue weighted by molar-refractivity contribution is 0.108. The van der Waals surface area contributed by atoms with Gasteiger partial charge in [0, 0.05) is 31.6 Å². The number of hydrogen-bond acceptors (Lipinski definition) is 2. The Morgan fingerprint density at radius 1 is 1.35 bits per heavy atom. The van der Waals surface area contributed by atoms with Crippen LogP contribution in [-0.4, -0.2) is 47.7 Å². The van der Waals surface area contributed by atoms with Crippen molar-refractivity contribution in [1.29, 1.82) is 0 Å². The molecule has 2 unspecified atom stereocenters. The fourth-order valence-electron chi connectivity index (χ4n) is 3.10. The largest absolute Gasteiger partial charge is 0.393 e. The number of aliphatic hydroxyl groups is 1. The molecule has 0 aromatic heterocycles. The van der Waals surface area contributed by atoms with Gasteiger partial charge in [0.25, 0.3) is 0 Å². The molecule has 128 valence electrons. The van der Waals surface area contributed by atoms with E-state index in [2.05, 4.69) is 15.2 Å². The SMILES string of the molecule is CCN=C(NC1CC1c1ccccc1F)N1CCC(O)CC1.I. The number of aliphatic hydroxyl groups excluding tert-OH is 1. The number of benzene rings is 1. The summed E-state index contributed by atoms with van der Waals surface area (Å²) in [5.41, 5.74) is 0.796. The summed E-state index contributed by atoms with van der Waals surface area (Å²) >= 11 is 0. The first kappa shape index (κ1) is 18.4. The van der Waals surface area contributed by atoms with Gasteiger partial charge < -0.3 is 15.3 Å². The van der Waals surface area contributed by atoms with Crippen molar-refractivity contribution in [2.75, 3.05) is 19.6 Å². The van der Waals surface area contributed by atoms with Crippen LogP contribution in [0.15, 0.2) is 29.3 Å². The predicted octanol–water partition coefficient (Wildman–Crippen LogP) is 2.72. The van der Waals surface area contributed by atoms with E-state index >= 15 is 0 Å². The Morgan fingerprint density at radius 3 is 2.70 bits per heavy atom. The van der Waals surface area contributed by atoms with Gasteiger partial charge in [-0.1, -0.05) is 18.2 Å². The van der Waals surface area contributed by atoms with Crippen LogP contribution in [0, 0.1) is 5.82 Å². The van der Waals surface area contributed by atoms with Crippen LogP contribution in [0.4, 0.5) is 4.39 Å². The smallest absolute Gasteiger partial charge is 0.194 e. The summed E-state index contributed by atoms with van der Waals surface area (Å²) in [5, 5.41) is 13.1. The molecule has 0 radical (unpaired) electrons. The van der Waals surface area contributed by atoms with Crippen LogP contribution >= 0.6 is 24.0 Å². The van der Waals surface area contributed by atoms with E-state index in [1.165, 1.54) is 6.07 Å². The molecule has 2 atom stereocenters. The summed E-state index contributed by atoms with van der Waals surface area (Å²) in [6.45, 7) is 4.38. The van der Waals surface area contributed by atoms with Crippen LogP contribution in [0.5, 0.6) is 0 Å². The number of rotatable bonds is 3. The molecule has 2 aliphatic rings. The Morgan fingerprint density at radius 2 is 2.04 bits per heavy atom. The highest BCUT2D eigenvalue weighted by molar-refractivity contribution is 14.0. The molecule has 2 fully saturated rings. The first-order valence-electron chi connectivity index (χ1n) is 8.17. The molecule has 6 heteroatoms. The van der Waals surface area contributed by atoms with Crippen LogP contribution < -0.4 is 5.32 Å². The lowest BCUT2D eigenvalue weighted by Crippen LogP contribution is -2.47. The van der Waals surface area contributed by atoms with Crippen LogP contribution in [-0.2, 0) is 0 Å². The van der Waals surface area contributed by atoms with Crippen molar-refractivity contribution in [3.05, 3.63) is 35.6 Å². The molecule has 0 amide bonds. The fourth-order valence-corrected chi connectivity index (χ4v) is 3.10. The standard InChI is InChI=1S/C17H24FN3O.HI/c1-2-19-17(21-9-7-12(22)8-10-21)20-16-11-14(16)13-5-3-4-6-15(13)18;/h3-6,12,14,16,22H,2,7-11H2,1H3,(H,19,20);1H. The third kappa shape index (κ3) is 4.56. The van der Waals surface area contributed by atoms with Crippen molar-refractivity contribution in [2.24, 2.45) is 4.99 Å². The van der Waals surface area contributed by atoms with Crippen molar-refractivity contribution in [3.8, 4) is 0 Å². The minimum absolute atomic E-state index is 0. The second-order valence-corrected chi connectivity index (χ2v) is 6.13. The molecular formula is C17H25FIN3O. The molecule has 1 heterocycles. The summed E-state index contributed by atoms with van der Waals surface area (Å²) in [5.74, 6) is 1.02. The third-order valence-corrected chi connectivity index (χ3v) is 4.48. The number of aliphatic imine (C=N–C) groups is 1. The van der Waals surface area contributed by atoms with E-state index in [-0.39, 0.29) is 47.9 Å². The highest BCUT2D eigenvalue weighted by Crippen LogP contribution is 2.41. The van der Waals surface area contributed by atoms with Crippen LogP contribution in [0.25, 0.3) is 0 Å². The summed E-state index contributed by atoms with van der Waals surface area (Å²) < 4.78 is 13.8. The number of hydrogen-bond donors (Lipinski definition) is 2. The van der Waals surface area contributed by atoms with Gasteiger partial charge in [-0.05, 0) is 37.8 Å². The van der Waals surface area contributed by atoms with Crippen LogP contribution in [0.2, 0.25) is 0 Å². The quantitative estimate of drug-likeness (QED) is 0.438.